The number of aryl methyl sites for hydroxylation is 2. The van der Waals surface area contributed by atoms with Crippen molar-refractivity contribution >= 4 is 28.8 Å². The molecule has 0 aliphatic heterocycles. The second-order valence-corrected chi connectivity index (χ2v) is 5.82. The van der Waals surface area contributed by atoms with Gasteiger partial charge in [0.15, 0.2) is 0 Å². The first-order chi connectivity index (χ1) is 9.97. The summed E-state index contributed by atoms with van der Waals surface area (Å²) in [5.74, 6) is -0.345. The number of nitrogens with one attached hydrogen (secondary N) is 1. The zero-order valence-corrected chi connectivity index (χ0v) is 13.2. The second kappa shape index (κ2) is 6.54. The molecular formula is C16H18N2O2S. The first kappa shape index (κ1) is 15.3. The molecule has 1 heterocycles. The molecule has 0 fully saturated rings. The van der Waals surface area contributed by atoms with Crippen molar-refractivity contribution in [2.75, 3.05) is 18.9 Å². The molecule has 2 aromatic rings. The van der Waals surface area contributed by atoms with E-state index in [0.29, 0.717) is 5.56 Å². The van der Waals surface area contributed by atoms with E-state index in [-0.39, 0.29) is 18.4 Å². The fraction of sp³-hybridized carbons (Fsp3) is 0.250. The van der Waals surface area contributed by atoms with Crippen LogP contribution in [0, 0.1) is 13.8 Å². The van der Waals surface area contributed by atoms with Crippen LogP contribution in [-0.2, 0) is 4.79 Å². The van der Waals surface area contributed by atoms with Gasteiger partial charge < -0.3 is 10.2 Å². The molecule has 0 radical (unpaired) electrons. The molecule has 110 valence electrons. The van der Waals surface area contributed by atoms with Crippen molar-refractivity contribution in [2.45, 2.75) is 13.8 Å². The SMILES string of the molecule is Cc1ccc(C)c(NC(=O)CN(C)C(=O)c2ccsc2)c1. The summed E-state index contributed by atoms with van der Waals surface area (Å²) in [5, 5.41) is 6.48. The van der Waals surface area contributed by atoms with E-state index in [4.69, 9.17) is 0 Å². The molecule has 5 heteroatoms. The van der Waals surface area contributed by atoms with E-state index in [9.17, 15) is 9.59 Å². The van der Waals surface area contributed by atoms with Gasteiger partial charge in [0.05, 0.1) is 12.1 Å². The Labute approximate surface area is 128 Å². The average Bonchev–Trinajstić information content (AvgIpc) is 2.96. The lowest BCUT2D eigenvalue weighted by molar-refractivity contribution is -0.116. The van der Waals surface area contributed by atoms with Crippen LogP contribution in [0.2, 0.25) is 0 Å². The highest BCUT2D eigenvalue weighted by Crippen LogP contribution is 2.16. The second-order valence-electron chi connectivity index (χ2n) is 5.04. The van der Waals surface area contributed by atoms with Crippen LogP contribution in [-0.4, -0.2) is 30.3 Å². The van der Waals surface area contributed by atoms with Crippen molar-refractivity contribution in [1.29, 1.82) is 0 Å². The Morgan fingerprint density at radius 2 is 2.00 bits per heavy atom. The number of amides is 2. The van der Waals surface area contributed by atoms with Gasteiger partial charge in [-0.2, -0.15) is 11.3 Å². The molecule has 2 rings (SSSR count). The van der Waals surface area contributed by atoms with Gasteiger partial charge >= 0.3 is 0 Å². The third kappa shape index (κ3) is 3.92. The van der Waals surface area contributed by atoms with E-state index >= 15 is 0 Å². The lowest BCUT2D eigenvalue weighted by atomic mass is 10.1. The van der Waals surface area contributed by atoms with Crippen molar-refractivity contribution in [3.63, 3.8) is 0 Å². The van der Waals surface area contributed by atoms with E-state index in [2.05, 4.69) is 5.32 Å². The molecule has 0 atom stereocenters. The van der Waals surface area contributed by atoms with Crippen molar-refractivity contribution in [3.05, 3.63) is 51.7 Å². The number of carbonyl (C=O) groups excluding carboxylic acids is 2. The Morgan fingerprint density at radius 1 is 1.24 bits per heavy atom. The number of thiophene rings is 1. The summed E-state index contributed by atoms with van der Waals surface area (Å²) in [5.41, 5.74) is 3.48. The van der Waals surface area contributed by atoms with Crippen LogP contribution >= 0.6 is 11.3 Å². The Hall–Kier alpha value is -2.14. The molecule has 0 saturated carbocycles. The summed E-state index contributed by atoms with van der Waals surface area (Å²) < 4.78 is 0. The third-order valence-electron chi connectivity index (χ3n) is 3.16. The average molecular weight is 302 g/mol. The minimum absolute atomic E-state index is 0.0298. The van der Waals surface area contributed by atoms with Crippen LogP contribution in [0.15, 0.2) is 35.0 Å². The molecule has 0 bridgehead atoms. The zero-order valence-electron chi connectivity index (χ0n) is 12.3. The van der Waals surface area contributed by atoms with Crippen LogP contribution in [0.3, 0.4) is 0 Å². The third-order valence-corrected chi connectivity index (χ3v) is 3.85. The van der Waals surface area contributed by atoms with Gasteiger partial charge in [-0.05, 0) is 42.5 Å². The summed E-state index contributed by atoms with van der Waals surface area (Å²) in [6, 6.07) is 7.64. The highest BCUT2D eigenvalue weighted by atomic mass is 32.1. The zero-order chi connectivity index (χ0) is 15.4. The van der Waals surface area contributed by atoms with Crippen molar-refractivity contribution in [2.24, 2.45) is 0 Å². The van der Waals surface area contributed by atoms with E-state index in [1.165, 1.54) is 16.2 Å². The molecule has 4 nitrogen and oxygen atoms in total. The molecule has 21 heavy (non-hydrogen) atoms. The van der Waals surface area contributed by atoms with Crippen LogP contribution < -0.4 is 5.32 Å². The molecule has 1 N–H and O–H groups in total. The Morgan fingerprint density at radius 3 is 2.67 bits per heavy atom. The Balaban J connectivity index is 1.98. The van der Waals surface area contributed by atoms with Crippen LogP contribution in [0.5, 0.6) is 0 Å². The predicted molar refractivity (Wildman–Crippen MR) is 85.8 cm³/mol. The molecule has 0 spiro atoms. The quantitative estimate of drug-likeness (QED) is 0.943. The first-order valence-electron chi connectivity index (χ1n) is 6.62. The smallest absolute Gasteiger partial charge is 0.254 e. The maximum atomic E-state index is 12.1. The molecule has 0 saturated heterocycles. The lowest BCUT2D eigenvalue weighted by Crippen LogP contribution is -2.34. The number of hydrogen-bond acceptors (Lipinski definition) is 3. The van der Waals surface area contributed by atoms with Gasteiger partial charge in [-0.25, -0.2) is 0 Å². The van der Waals surface area contributed by atoms with E-state index in [1.54, 1.807) is 18.5 Å². The Bertz CT molecular complexity index is 650. The normalized spacial score (nSPS) is 10.2. The molecule has 0 aliphatic rings. The topological polar surface area (TPSA) is 49.4 Å². The van der Waals surface area contributed by atoms with Crippen LogP contribution in [0.4, 0.5) is 5.69 Å². The summed E-state index contributed by atoms with van der Waals surface area (Å²) in [6.07, 6.45) is 0. The van der Waals surface area contributed by atoms with Gasteiger partial charge in [0.2, 0.25) is 5.91 Å². The van der Waals surface area contributed by atoms with Crippen LogP contribution in [0.1, 0.15) is 21.5 Å². The maximum absolute atomic E-state index is 12.1. The van der Waals surface area contributed by atoms with Crippen LogP contribution in [0.25, 0.3) is 0 Å². The monoisotopic (exact) mass is 302 g/mol. The summed E-state index contributed by atoms with van der Waals surface area (Å²) >= 11 is 1.46. The number of carbonyl (C=O) groups is 2. The van der Waals surface area contributed by atoms with Crippen molar-refractivity contribution in [1.82, 2.24) is 4.90 Å². The fourth-order valence-corrected chi connectivity index (χ4v) is 2.58. The number of rotatable bonds is 4. The number of anilines is 1. The fourth-order valence-electron chi connectivity index (χ4n) is 1.95. The first-order valence-corrected chi connectivity index (χ1v) is 7.56. The van der Waals surface area contributed by atoms with Gasteiger partial charge in [-0.3, -0.25) is 9.59 Å². The number of likely N-dealkylation sites (N-methyl/N-ethyl adjacent to an activating group) is 1. The van der Waals surface area contributed by atoms with Gasteiger partial charge in [0, 0.05) is 18.1 Å². The molecule has 1 aromatic heterocycles. The summed E-state index contributed by atoms with van der Waals surface area (Å²) in [6.45, 7) is 3.94. The summed E-state index contributed by atoms with van der Waals surface area (Å²) in [4.78, 5) is 25.5. The van der Waals surface area contributed by atoms with Gasteiger partial charge in [0.25, 0.3) is 5.91 Å². The number of benzene rings is 1. The van der Waals surface area contributed by atoms with Gasteiger partial charge in [-0.1, -0.05) is 12.1 Å². The minimum atomic E-state index is -0.199. The number of nitrogens with zero attached hydrogens (tertiary/aromatic N) is 1. The molecular weight excluding hydrogens is 284 g/mol. The molecule has 1 aromatic carbocycles. The minimum Gasteiger partial charge on any atom is -0.332 e. The summed E-state index contributed by atoms with van der Waals surface area (Å²) in [7, 11) is 1.63. The standard InChI is InChI=1S/C16H18N2O2S/c1-11-4-5-12(2)14(8-11)17-15(19)9-18(3)16(20)13-6-7-21-10-13/h4-8,10H,9H2,1-3H3,(H,17,19). The number of hydrogen-bond donors (Lipinski definition) is 1. The largest absolute Gasteiger partial charge is 0.332 e. The lowest BCUT2D eigenvalue weighted by Gasteiger charge is -2.17. The maximum Gasteiger partial charge on any atom is 0.254 e. The van der Waals surface area contributed by atoms with E-state index < -0.39 is 0 Å². The van der Waals surface area contributed by atoms with E-state index in [0.717, 1.165) is 16.8 Å². The highest BCUT2D eigenvalue weighted by molar-refractivity contribution is 7.08. The molecule has 0 aliphatic carbocycles. The van der Waals surface area contributed by atoms with Gasteiger partial charge in [0.1, 0.15) is 0 Å². The molecule has 2 amide bonds. The molecule has 0 unspecified atom stereocenters. The van der Waals surface area contributed by atoms with E-state index in [1.807, 2.05) is 37.4 Å². The predicted octanol–water partition coefficient (Wildman–Crippen LogP) is 3.08. The van der Waals surface area contributed by atoms with Crippen molar-refractivity contribution < 1.29 is 9.59 Å². The van der Waals surface area contributed by atoms with Gasteiger partial charge in [-0.15, -0.1) is 0 Å². The van der Waals surface area contributed by atoms with Crippen molar-refractivity contribution in [3.8, 4) is 0 Å². The Kier molecular flexibility index (Phi) is 4.75. The highest BCUT2D eigenvalue weighted by Gasteiger charge is 2.15.